The second kappa shape index (κ2) is 18.4. The fraction of sp³-hybridized carbons (Fsp3) is 0.680. The molecular formula is C25H37N5O13. The molecule has 240 valence electrons. The summed E-state index contributed by atoms with van der Waals surface area (Å²) in [4.78, 5) is 104. The predicted octanol–water partition coefficient (Wildman–Crippen LogP) is -2.68. The smallest absolute Gasteiger partial charge is 0.358 e. The number of carbonyl (C=O) groups is 8. The summed E-state index contributed by atoms with van der Waals surface area (Å²) in [5, 5.41) is 18.3. The molecule has 0 bridgehead atoms. The van der Waals surface area contributed by atoms with E-state index in [9.17, 15) is 43.5 Å². The van der Waals surface area contributed by atoms with Crippen molar-refractivity contribution in [2.24, 2.45) is 0 Å². The van der Waals surface area contributed by atoms with Crippen LogP contribution < -0.4 is 16.0 Å². The van der Waals surface area contributed by atoms with Gasteiger partial charge >= 0.3 is 11.9 Å². The number of unbranched alkanes of at least 4 members (excludes halogenated alkanes) is 1. The van der Waals surface area contributed by atoms with Gasteiger partial charge in [-0.05, 0) is 25.7 Å². The first-order valence-corrected chi connectivity index (χ1v) is 13.8. The zero-order valence-electron chi connectivity index (χ0n) is 23.8. The lowest BCUT2D eigenvalue weighted by Gasteiger charge is -2.19. The van der Waals surface area contributed by atoms with Gasteiger partial charge in [0.15, 0.2) is 6.23 Å². The van der Waals surface area contributed by atoms with Crippen molar-refractivity contribution in [2.75, 3.05) is 39.5 Å². The molecule has 2 unspecified atom stereocenters. The van der Waals surface area contributed by atoms with E-state index in [2.05, 4.69) is 20.8 Å². The first-order valence-electron chi connectivity index (χ1n) is 13.8. The molecule has 0 aliphatic carbocycles. The minimum atomic E-state index is -1.23. The van der Waals surface area contributed by atoms with E-state index in [4.69, 9.17) is 14.3 Å². The summed E-state index contributed by atoms with van der Waals surface area (Å²) in [6.07, 6.45) is 0.596. The number of ether oxygens (including phenoxy) is 2. The van der Waals surface area contributed by atoms with E-state index in [-0.39, 0.29) is 38.6 Å². The van der Waals surface area contributed by atoms with Crippen LogP contribution in [0.2, 0.25) is 0 Å². The van der Waals surface area contributed by atoms with Gasteiger partial charge in [-0.3, -0.25) is 28.8 Å². The molecule has 43 heavy (non-hydrogen) atoms. The number of carbonyl (C=O) groups excluding carboxylic acids is 8. The molecule has 6 amide bonds. The average Bonchev–Trinajstić information content (AvgIpc) is 3.45. The zero-order chi connectivity index (χ0) is 31.8. The van der Waals surface area contributed by atoms with Crippen LogP contribution in [0, 0.1) is 0 Å². The predicted molar refractivity (Wildman–Crippen MR) is 139 cm³/mol. The van der Waals surface area contributed by atoms with Crippen LogP contribution in [0.15, 0.2) is 0 Å². The highest BCUT2D eigenvalue weighted by Gasteiger charge is 2.34. The van der Waals surface area contributed by atoms with E-state index in [0.29, 0.717) is 35.9 Å². The third kappa shape index (κ3) is 12.7. The lowest BCUT2D eigenvalue weighted by Crippen LogP contribution is -2.48. The van der Waals surface area contributed by atoms with Gasteiger partial charge in [0.25, 0.3) is 17.7 Å². The number of aliphatic hydroxyl groups excluding tert-OH is 1. The topological polar surface area (TPSA) is 236 Å². The maximum absolute atomic E-state index is 12.5. The van der Waals surface area contributed by atoms with Crippen molar-refractivity contribution in [3.05, 3.63) is 0 Å². The fourth-order valence-corrected chi connectivity index (χ4v) is 3.76. The second-order valence-corrected chi connectivity index (χ2v) is 9.49. The van der Waals surface area contributed by atoms with Crippen LogP contribution in [0.25, 0.3) is 0 Å². The van der Waals surface area contributed by atoms with Crippen molar-refractivity contribution in [3.8, 4) is 0 Å². The summed E-state index contributed by atoms with van der Waals surface area (Å²) in [6.45, 7) is 0.0993. The van der Waals surface area contributed by atoms with Crippen molar-refractivity contribution in [2.45, 2.75) is 70.6 Å². The Morgan fingerprint density at radius 2 is 1.44 bits per heavy atom. The van der Waals surface area contributed by atoms with Crippen LogP contribution >= 0.6 is 0 Å². The number of nitrogens with zero attached hydrogens (tertiary/aromatic N) is 2. The average molecular weight is 616 g/mol. The monoisotopic (exact) mass is 615 g/mol. The standard InChI is InChI=1S/C25H37N5O13/c1-2-10-27-25(39)16(28-18(32)13-41-15-24(38)43-30-21(35)8-9-22(30)36)5-3-4-11-26-17(31)12-40-14-23(37)42-29-19(33)6-7-20(29)34/h16,21,35H,2-15H2,1H3,(H,26,31)(H,27,39)(H,28,32). The Bertz CT molecular complexity index is 1040. The van der Waals surface area contributed by atoms with E-state index in [0.717, 1.165) is 0 Å². The molecule has 4 N–H and O–H groups in total. The molecule has 2 heterocycles. The Labute approximate surface area is 246 Å². The third-order valence-corrected chi connectivity index (χ3v) is 5.88. The van der Waals surface area contributed by atoms with E-state index < -0.39 is 86.1 Å². The summed E-state index contributed by atoms with van der Waals surface area (Å²) in [5.41, 5.74) is 0. The van der Waals surface area contributed by atoms with E-state index in [1.165, 1.54) is 0 Å². The zero-order valence-corrected chi connectivity index (χ0v) is 23.8. The highest BCUT2D eigenvalue weighted by molar-refractivity contribution is 6.01. The van der Waals surface area contributed by atoms with Crippen molar-refractivity contribution >= 4 is 47.4 Å². The molecule has 0 aromatic heterocycles. The van der Waals surface area contributed by atoms with Gasteiger partial charge in [-0.25, -0.2) is 9.59 Å². The Morgan fingerprint density at radius 1 is 0.814 bits per heavy atom. The molecule has 2 rings (SSSR count). The lowest BCUT2D eigenvalue weighted by atomic mass is 10.1. The molecular weight excluding hydrogens is 578 g/mol. The van der Waals surface area contributed by atoms with Crippen molar-refractivity contribution in [1.82, 2.24) is 26.1 Å². The van der Waals surface area contributed by atoms with Crippen LogP contribution in [0.4, 0.5) is 0 Å². The van der Waals surface area contributed by atoms with E-state index in [1.54, 1.807) is 0 Å². The van der Waals surface area contributed by atoms with Crippen LogP contribution in [0.3, 0.4) is 0 Å². The molecule has 18 heteroatoms. The van der Waals surface area contributed by atoms with Crippen LogP contribution in [0.5, 0.6) is 0 Å². The van der Waals surface area contributed by atoms with Gasteiger partial charge in [-0.15, -0.1) is 10.1 Å². The number of amides is 6. The van der Waals surface area contributed by atoms with Gasteiger partial charge < -0.3 is 40.2 Å². The van der Waals surface area contributed by atoms with E-state index >= 15 is 0 Å². The molecule has 2 aliphatic rings. The molecule has 2 aliphatic heterocycles. The number of imide groups is 1. The molecule has 0 saturated carbocycles. The third-order valence-electron chi connectivity index (χ3n) is 5.88. The molecule has 2 saturated heterocycles. The lowest BCUT2D eigenvalue weighted by molar-refractivity contribution is -0.223. The Hall–Kier alpha value is -4.16. The Kier molecular flexibility index (Phi) is 15.0. The van der Waals surface area contributed by atoms with Gasteiger partial charge in [0, 0.05) is 38.8 Å². The second-order valence-electron chi connectivity index (χ2n) is 9.49. The summed E-state index contributed by atoms with van der Waals surface area (Å²) < 4.78 is 9.93. The number of hydrogen-bond acceptors (Lipinski definition) is 13. The molecule has 2 fully saturated rings. The number of hydroxylamine groups is 4. The summed E-state index contributed by atoms with van der Waals surface area (Å²) in [6, 6.07) is -0.911. The van der Waals surface area contributed by atoms with Crippen LogP contribution in [-0.4, -0.2) is 114 Å². The number of nitrogens with one attached hydrogen (secondary N) is 3. The minimum Gasteiger partial charge on any atom is -0.370 e. The summed E-state index contributed by atoms with van der Waals surface area (Å²) >= 11 is 0. The maximum atomic E-state index is 12.5. The van der Waals surface area contributed by atoms with Gasteiger partial charge in [-0.2, -0.15) is 0 Å². The molecule has 0 radical (unpaired) electrons. The maximum Gasteiger partial charge on any atom is 0.358 e. The van der Waals surface area contributed by atoms with Crippen LogP contribution in [0.1, 0.15) is 58.3 Å². The van der Waals surface area contributed by atoms with E-state index in [1.807, 2.05) is 6.92 Å². The summed E-state index contributed by atoms with van der Waals surface area (Å²) in [7, 11) is 0. The van der Waals surface area contributed by atoms with Gasteiger partial charge in [-0.1, -0.05) is 6.92 Å². The molecule has 0 aromatic rings. The van der Waals surface area contributed by atoms with Gasteiger partial charge in [0.05, 0.1) is 0 Å². The largest absolute Gasteiger partial charge is 0.370 e. The van der Waals surface area contributed by atoms with Gasteiger partial charge in [0.1, 0.15) is 32.5 Å². The summed E-state index contributed by atoms with van der Waals surface area (Å²) in [5.74, 6) is -5.44. The Morgan fingerprint density at radius 3 is 2.05 bits per heavy atom. The quantitative estimate of drug-likeness (QED) is 0.0857. The molecule has 0 aromatic carbocycles. The van der Waals surface area contributed by atoms with Crippen molar-refractivity contribution in [1.29, 1.82) is 0 Å². The number of aliphatic hydroxyl groups is 1. The molecule has 0 spiro atoms. The van der Waals surface area contributed by atoms with Gasteiger partial charge in [0.2, 0.25) is 17.7 Å². The highest BCUT2D eigenvalue weighted by Crippen LogP contribution is 2.16. The normalized spacial score (nSPS) is 17.1. The minimum absolute atomic E-state index is 0.0344. The SMILES string of the molecule is CCCNC(=O)C(CCCCNC(=O)COCC(=O)ON1C(=O)CCC1=O)NC(=O)COCC(=O)ON1C(=O)CCC1O. The van der Waals surface area contributed by atoms with Crippen LogP contribution in [-0.2, 0) is 57.5 Å². The van der Waals surface area contributed by atoms with Crippen molar-refractivity contribution in [3.63, 3.8) is 0 Å². The number of hydrogen-bond donors (Lipinski definition) is 4. The fourth-order valence-electron chi connectivity index (χ4n) is 3.76. The Balaban J connectivity index is 1.63. The first-order chi connectivity index (χ1) is 20.5. The molecule has 2 atom stereocenters. The molecule has 18 nitrogen and oxygen atoms in total. The highest BCUT2D eigenvalue weighted by atomic mass is 16.7. The number of rotatable bonds is 19. The van der Waals surface area contributed by atoms with Crippen molar-refractivity contribution < 1.29 is 62.6 Å². The first kappa shape index (κ1) is 35.0.